The number of fused-ring (bicyclic) bond motifs is 1. The van der Waals surface area contributed by atoms with E-state index in [2.05, 4.69) is 25.3 Å². The van der Waals surface area contributed by atoms with Crippen LogP contribution in [-0.2, 0) is 17.5 Å². The Morgan fingerprint density at radius 3 is 2.46 bits per heavy atom. The predicted octanol–water partition coefficient (Wildman–Crippen LogP) is 4.90. The van der Waals surface area contributed by atoms with Gasteiger partial charge in [0.05, 0.1) is 20.9 Å². The molecule has 0 bridgehead atoms. The van der Waals surface area contributed by atoms with E-state index >= 15 is 0 Å². The summed E-state index contributed by atoms with van der Waals surface area (Å²) in [6.45, 7) is 0.480. The molecule has 5 aromatic rings. The van der Waals surface area contributed by atoms with Gasteiger partial charge in [-0.3, -0.25) is 9.52 Å². The summed E-state index contributed by atoms with van der Waals surface area (Å²) in [5, 5.41) is 6.51. The molecule has 0 radical (unpaired) electrons. The number of benzene rings is 2. The van der Waals surface area contributed by atoms with Crippen molar-refractivity contribution in [2.45, 2.75) is 10.8 Å². The summed E-state index contributed by atoms with van der Waals surface area (Å²) in [7, 11) is -1.77. The van der Waals surface area contributed by atoms with Crippen molar-refractivity contribution in [3.63, 3.8) is 0 Å². The summed E-state index contributed by atoms with van der Waals surface area (Å²) >= 11 is 12.7. The van der Waals surface area contributed by atoms with E-state index in [0.29, 0.717) is 48.2 Å². The van der Waals surface area contributed by atoms with E-state index in [1.165, 1.54) is 24.3 Å². The number of anilines is 2. The molecule has 0 aliphatic heterocycles. The van der Waals surface area contributed by atoms with E-state index in [1.54, 1.807) is 42.6 Å². The van der Waals surface area contributed by atoms with E-state index in [9.17, 15) is 18.6 Å². The molecular weight excluding hydrogens is 583 g/mol. The van der Waals surface area contributed by atoms with Gasteiger partial charge in [0.15, 0.2) is 11.0 Å². The molecule has 0 saturated carbocycles. The molecule has 2 amide bonds. The number of urea groups is 1. The number of hydrogen-bond donors (Lipinski definition) is 4. The maximum absolute atomic E-state index is 13.2. The van der Waals surface area contributed by atoms with Gasteiger partial charge in [-0.05, 0) is 66.2 Å². The third-order valence-electron chi connectivity index (χ3n) is 5.48. The van der Waals surface area contributed by atoms with Gasteiger partial charge in [0.25, 0.3) is 5.56 Å². The maximum Gasteiger partial charge on any atom is 0.333 e. The van der Waals surface area contributed by atoms with Gasteiger partial charge in [-0.1, -0.05) is 29.3 Å². The monoisotopic (exact) mass is 600 g/mol. The van der Waals surface area contributed by atoms with Gasteiger partial charge in [0.2, 0.25) is 0 Å². The second-order valence-corrected chi connectivity index (χ2v) is 11.6. The minimum absolute atomic E-state index is 0.309. The molecule has 39 heavy (non-hydrogen) atoms. The first-order valence-corrected chi connectivity index (χ1v) is 14.0. The first-order valence-electron chi connectivity index (χ1n) is 11.3. The molecule has 198 valence electrons. The van der Waals surface area contributed by atoms with Gasteiger partial charge in [-0.25, -0.2) is 23.3 Å². The number of amides is 2. The number of hydrogen-bond acceptors (Lipinski definition) is 7. The van der Waals surface area contributed by atoms with Gasteiger partial charge in [-0.15, -0.1) is 11.3 Å². The molecule has 0 aliphatic rings. The average Bonchev–Trinajstić information content (AvgIpc) is 3.35. The third kappa shape index (κ3) is 6.20. The Bertz CT molecular complexity index is 1820. The van der Waals surface area contributed by atoms with Crippen molar-refractivity contribution >= 4 is 73.8 Å². The minimum atomic E-state index is -1.77. The van der Waals surface area contributed by atoms with Crippen LogP contribution in [0.3, 0.4) is 0 Å². The Morgan fingerprint density at radius 1 is 1.00 bits per heavy atom. The number of rotatable bonds is 7. The first-order chi connectivity index (χ1) is 18.8. The van der Waals surface area contributed by atoms with Crippen LogP contribution in [0.15, 0.2) is 86.7 Å². The predicted molar refractivity (Wildman–Crippen MR) is 155 cm³/mol. The average molecular weight is 601 g/mol. The van der Waals surface area contributed by atoms with Crippen molar-refractivity contribution < 1.29 is 9.00 Å². The summed E-state index contributed by atoms with van der Waals surface area (Å²) in [4.78, 5) is 45.0. The van der Waals surface area contributed by atoms with Crippen LogP contribution in [0.4, 0.5) is 16.2 Å². The molecule has 10 nitrogen and oxygen atoms in total. The van der Waals surface area contributed by atoms with Crippen molar-refractivity contribution in [3.05, 3.63) is 109 Å². The van der Waals surface area contributed by atoms with Gasteiger partial charge >= 0.3 is 11.7 Å². The van der Waals surface area contributed by atoms with Crippen molar-refractivity contribution in [3.8, 4) is 5.69 Å². The number of halogens is 2. The molecule has 2 aromatic carbocycles. The van der Waals surface area contributed by atoms with E-state index in [1.807, 2.05) is 6.07 Å². The smallest absolute Gasteiger partial charge is 0.333 e. The zero-order valence-electron chi connectivity index (χ0n) is 19.7. The van der Waals surface area contributed by atoms with Crippen LogP contribution in [0.1, 0.15) is 5.56 Å². The van der Waals surface area contributed by atoms with Gasteiger partial charge in [0.1, 0.15) is 9.36 Å². The molecule has 3 heterocycles. The van der Waals surface area contributed by atoms with Crippen LogP contribution >= 0.6 is 34.5 Å². The summed E-state index contributed by atoms with van der Waals surface area (Å²) < 4.78 is 16.4. The number of carbonyl (C=O) groups is 1. The van der Waals surface area contributed by atoms with Crippen molar-refractivity contribution in [2.75, 3.05) is 10.6 Å². The van der Waals surface area contributed by atoms with Crippen LogP contribution in [0, 0.1) is 0 Å². The molecule has 4 N–H and O–H groups in total. The lowest BCUT2D eigenvalue weighted by Gasteiger charge is -2.10. The Labute approximate surface area is 237 Å². The summed E-state index contributed by atoms with van der Waals surface area (Å²) in [6, 6.07) is 17.1. The van der Waals surface area contributed by atoms with Crippen LogP contribution in [0.25, 0.3) is 16.6 Å². The second kappa shape index (κ2) is 11.4. The molecule has 0 saturated heterocycles. The van der Waals surface area contributed by atoms with Crippen LogP contribution < -0.4 is 26.6 Å². The molecule has 0 fully saturated rings. The van der Waals surface area contributed by atoms with Crippen molar-refractivity contribution in [1.82, 2.24) is 19.3 Å². The zero-order chi connectivity index (χ0) is 27.5. The molecule has 1 unspecified atom stereocenters. The molecule has 0 aliphatic carbocycles. The molecule has 1 atom stereocenters. The van der Waals surface area contributed by atoms with Gasteiger partial charge in [0, 0.05) is 24.1 Å². The van der Waals surface area contributed by atoms with Crippen LogP contribution in [0.2, 0.25) is 9.49 Å². The molecular formula is C25H18Cl2N6O4S2. The number of H-pyrrole nitrogens is 1. The van der Waals surface area contributed by atoms with Crippen molar-refractivity contribution in [2.24, 2.45) is 0 Å². The number of aromatic nitrogens is 3. The number of nitrogens with zero attached hydrogens (tertiary/aromatic N) is 2. The topological polar surface area (TPSA) is 138 Å². The quantitative estimate of drug-likeness (QED) is 0.196. The standard InChI is InChI=1S/C25H18Cl2N6O4S2/c26-20-8-1-14(13-29-20)12-28-16-4-7-18-19(11-16)31-25(36)33(23(18)34)17-5-2-15(3-6-17)30-24(35)32-39(37)22-10-9-21(27)38-22/h1-11,13,28H,12H2,(H,31,36)(H2,30,32,35). The van der Waals surface area contributed by atoms with E-state index in [-0.39, 0.29) is 0 Å². The Kier molecular flexibility index (Phi) is 7.79. The van der Waals surface area contributed by atoms with E-state index in [4.69, 9.17) is 23.2 Å². The highest BCUT2D eigenvalue weighted by Gasteiger charge is 2.13. The van der Waals surface area contributed by atoms with E-state index in [0.717, 1.165) is 21.5 Å². The molecule has 3 aromatic heterocycles. The lowest BCUT2D eigenvalue weighted by molar-refractivity contribution is 0.257. The highest BCUT2D eigenvalue weighted by molar-refractivity contribution is 7.86. The fraction of sp³-hybridized carbons (Fsp3) is 0.0400. The maximum atomic E-state index is 13.2. The fourth-order valence-corrected chi connectivity index (χ4v) is 5.89. The van der Waals surface area contributed by atoms with Crippen LogP contribution in [0.5, 0.6) is 0 Å². The highest BCUT2D eigenvalue weighted by atomic mass is 35.5. The van der Waals surface area contributed by atoms with Crippen LogP contribution in [-0.4, -0.2) is 24.8 Å². The molecule has 0 spiro atoms. The first kappa shape index (κ1) is 26.6. The zero-order valence-corrected chi connectivity index (χ0v) is 22.9. The van der Waals surface area contributed by atoms with Gasteiger partial charge in [-0.2, -0.15) is 0 Å². The largest absolute Gasteiger partial charge is 0.381 e. The number of pyridine rings is 1. The lowest BCUT2D eigenvalue weighted by Crippen LogP contribution is -2.33. The lowest BCUT2D eigenvalue weighted by atomic mass is 10.2. The van der Waals surface area contributed by atoms with Crippen molar-refractivity contribution in [1.29, 1.82) is 0 Å². The second-order valence-electron chi connectivity index (χ2n) is 8.10. The SMILES string of the molecule is O=C(Nc1ccc(-n2c(=O)[nH]c3cc(NCc4ccc(Cl)nc4)ccc3c2=O)cc1)NS(=O)c1ccc(Cl)s1. The van der Waals surface area contributed by atoms with Gasteiger partial charge < -0.3 is 15.6 Å². The minimum Gasteiger partial charge on any atom is -0.381 e. The molecule has 14 heteroatoms. The Morgan fingerprint density at radius 2 is 1.77 bits per heavy atom. The summed E-state index contributed by atoms with van der Waals surface area (Å²) in [5.41, 5.74) is 1.58. The summed E-state index contributed by atoms with van der Waals surface area (Å²) in [6.07, 6.45) is 1.66. The highest BCUT2D eigenvalue weighted by Crippen LogP contribution is 2.23. The Hall–Kier alpha value is -3.97. The number of thiophene rings is 1. The normalized spacial score (nSPS) is 11.7. The third-order valence-corrected chi connectivity index (χ3v) is 8.31. The Balaban J connectivity index is 1.30. The number of nitrogens with one attached hydrogen (secondary N) is 4. The number of carbonyl (C=O) groups excluding carboxylic acids is 1. The molecule has 5 rings (SSSR count). The fourth-order valence-electron chi connectivity index (χ4n) is 3.66. The number of aromatic amines is 1. The summed E-state index contributed by atoms with van der Waals surface area (Å²) in [5.74, 6) is 0. The van der Waals surface area contributed by atoms with E-state index < -0.39 is 28.3 Å².